The number of anilines is 1. The first-order valence-corrected chi connectivity index (χ1v) is 10.2. The van der Waals surface area contributed by atoms with E-state index in [4.69, 9.17) is 4.74 Å². The molecule has 0 aliphatic rings. The van der Waals surface area contributed by atoms with Gasteiger partial charge in [-0.15, -0.1) is 0 Å². The van der Waals surface area contributed by atoms with Gasteiger partial charge >= 0.3 is 5.97 Å². The molecule has 0 fully saturated rings. The van der Waals surface area contributed by atoms with Crippen molar-refractivity contribution >= 4 is 28.3 Å². The predicted octanol–water partition coefficient (Wildman–Crippen LogP) is 3.88. The number of aromatic nitrogens is 2. The number of esters is 1. The summed E-state index contributed by atoms with van der Waals surface area (Å²) in [5.74, 6) is -0.829. The van der Waals surface area contributed by atoms with Crippen molar-refractivity contribution in [2.24, 2.45) is 0 Å². The first kappa shape index (κ1) is 21.0. The molecule has 0 radical (unpaired) electrons. The monoisotopic (exact) mass is 427 g/mol. The topological polar surface area (TPSA) is 90.3 Å². The van der Waals surface area contributed by atoms with Crippen LogP contribution in [0.4, 0.5) is 5.69 Å². The summed E-state index contributed by atoms with van der Waals surface area (Å²) in [5.41, 5.74) is 2.01. The zero-order valence-corrected chi connectivity index (χ0v) is 17.4. The minimum absolute atomic E-state index is 0.239. The molecule has 0 saturated carbocycles. The van der Waals surface area contributed by atoms with E-state index in [-0.39, 0.29) is 18.7 Å². The van der Waals surface area contributed by atoms with Crippen molar-refractivity contribution in [3.63, 3.8) is 0 Å². The van der Waals surface area contributed by atoms with Gasteiger partial charge in [0, 0.05) is 17.3 Å². The molecule has 0 spiro atoms. The standard InChI is InChI=1S/C25H21N3O4/c1-2-32-25(31)18-10-12-19(13-11-18)26-23(29)16-28-24(30)15-14-22(27-28)21-9-5-7-17-6-3-4-8-20(17)21/h3-15H,2,16H2,1H3,(H,26,29). The van der Waals surface area contributed by atoms with Crippen molar-refractivity contribution in [2.45, 2.75) is 13.5 Å². The first-order chi connectivity index (χ1) is 15.5. The Morgan fingerprint density at radius 2 is 1.69 bits per heavy atom. The Morgan fingerprint density at radius 1 is 0.938 bits per heavy atom. The maximum atomic E-state index is 12.5. The van der Waals surface area contributed by atoms with Gasteiger partial charge in [-0.2, -0.15) is 5.10 Å². The van der Waals surface area contributed by atoms with Crippen LogP contribution in [0.5, 0.6) is 0 Å². The molecule has 32 heavy (non-hydrogen) atoms. The SMILES string of the molecule is CCOC(=O)c1ccc(NC(=O)Cn2nc(-c3cccc4ccccc34)ccc2=O)cc1. The van der Waals surface area contributed by atoms with Crippen molar-refractivity contribution in [3.05, 3.63) is 94.8 Å². The van der Waals surface area contributed by atoms with Gasteiger partial charge in [-0.3, -0.25) is 9.59 Å². The Balaban J connectivity index is 1.53. The molecule has 0 atom stereocenters. The van der Waals surface area contributed by atoms with Crippen LogP contribution in [0.2, 0.25) is 0 Å². The fourth-order valence-electron chi connectivity index (χ4n) is 3.40. The van der Waals surface area contributed by atoms with Gasteiger partial charge in [0.1, 0.15) is 6.54 Å². The number of nitrogens with zero attached hydrogens (tertiary/aromatic N) is 2. The minimum Gasteiger partial charge on any atom is -0.462 e. The maximum absolute atomic E-state index is 12.5. The van der Waals surface area contributed by atoms with Crippen LogP contribution in [-0.2, 0) is 16.1 Å². The molecule has 1 heterocycles. The number of carbonyl (C=O) groups excluding carboxylic acids is 2. The number of amides is 1. The lowest BCUT2D eigenvalue weighted by Crippen LogP contribution is -2.29. The van der Waals surface area contributed by atoms with Gasteiger partial charge in [0.2, 0.25) is 5.91 Å². The lowest BCUT2D eigenvalue weighted by Gasteiger charge is -2.10. The second kappa shape index (κ2) is 9.26. The highest BCUT2D eigenvalue weighted by Gasteiger charge is 2.11. The second-order valence-electron chi connectivity index (χ2n) is 7.09. The molecule has 0 unspecified atom stereocenters. The number of nitrogens with one attached hydrogen (secondary N) is 1. The highest BCUT2D eigenvalue weighted by molar-refractivity contribution is 5.96. The van der Waals surface area contributed by atoms with Gasteiger partial charge in [0.25, 0.3) is 5.56 Å². The molecule has 1 aromatic heterocycles. The number of fused-ring (bicyclic) bond motifs is 1. The van der Waals surface area contributed by atoms with Crippen LogP contribution in [-0.4, -0.2) is 28.3 Å². The summed E-state index contributed by atoms with van der Waals surface area (Å²) in [7, 11) is 0. The summed E-state index contributed by atoms with van der Waals surface area (Å²) in [6, 6.07) is 23.2. The molecule has 4 rings (SSSR count). The predicted molar refractivity (Wildman–Crippen MR) is 122 cm³/mol. The number of carbonyl (C=O) groups is 2. The van der Waals surface area contributed by atoms with E-state index in [1.807, 2.05) is 42.5 Å². The number of benzene rings is 3. The summed E-state index contributed by atoms with van der Waals surface area (Å²) >= 11 is 0. The smallest absolute Gasteiger partial charge is 0.338 e. The number of rotatable bonds is 6. The Morgan fingerprint density at radius 3 is 2.47 bits per heavy atom. The van der Waals surface area contributed by atoms with Crippen LogP contribution in [0.25, 0.3) is 22.0 Å². The van der Waals surface area contributed by atoms with Crippen molar-refractivity contribution in [1.82, 2.24) is 9.78 Å². The fourth-order valence-corrected chi connectivity index (χ4v) is 3.40. The Labute approximate surface area is 184 Å². The van der Waals surface area contributed by atoms with Crippen molar-refractivity contribution < 1.29 is 14.3 Å². The lowest BCUT2D eigenvalue weighted by molar-refractivity contribution is -0.117. The van der Waals surface area contributed by atoms with Gasteiger partial charge in [-0.25, -0.2) is 9.48 Å². The third-order valence-corrected chi connectivity index (χ3v) is 4.91. The average Bonchev–Trinajstić information content (AvgIpc) is 2.81. The molecule has 160 valence electrons. The molecular weight excluding hydrogens is 406 g/mol. The van der Waals surface area contributed by atoms with E-state index < -0.39 is 11.9 Å². The van der Waals surface area contributed by atoms with Crippen molar-refractivity contribution in [1.29, 1.82) is 0 Å². The Kier molecular flexibility index (Phi) is 6.07. The number of ether oxygens (including phenoxy) is 1. The molecule has 1 amide bonds. The zero-order chi connectivity index (χ0) is 22.5. The largest absolute Gasteiger partial charge is 0.462 e. The van der Waals surface area contributed by atoms with Crippen LogP contribution in [0.3, 0.4) is 0 Å². The quantitative estimate of drug-likeness (QED) is 0.472. The summed E-state index contributed by atoms with van der Waals surface area (Å²) in [6.07, 6.45) is 0. The van der Waals surface area contributed by atoms with Gasteiger partial charge in [0.15, 0.2) is 0 Å². The lowest BCUT2D eigenvalue weighted by atomic mass is 10.0. The third kappa shape index (κ3) is 4.57. The Hall–Kier alpha value is -4.26. The van der Waals surface area contributed by atoms with Crippen molar-refractivity contribution in [2.75, 3.05) is 11.9 Å². The third-order valence-electron chi connectivity index (χ3n) is 4.91. The minimum atomic E-state index is -0.425. The number of hydrogen-bond acceptors (Lipinski definition) is 5. The summed E-state index contributed by atoms with van der Waals surface area (Å²) in [5, 5.41) is 9.20. The van der Waals surface area contributed by atoms with Gasteiger partial charge < -0.3 is 10.1 Å². The average molecular weight is 427 g/mol. The van der Waals surface area contributed by atoms with E-state index in [2.05, 4.69) is 10.4 Å². The van der Waals surface area contributed by atoms with E-state index in [0.29, 0.717) is 16.9 Å². The molecule has 0 aliphatic heterocycles. The molecule has 7 nitrogen and oxygen atoms in total. The van der Waals surface area contributed by atoms with Gasteiger partial charge in [-0.05, 0) is 48.0 Å². The highest BCUT2D eigenvalue weighted by atomic mass is 16.5. The van der Waals surface area contributed by atoms with Crippen LogP contribution < -0.4 is 10.9 Å². The molecule has 4 aromatic rings. The van der Waals surface area contributed by atoms with Gasteiger partial charge in [0.05, 0.1) is 17.9 Å². The summed E-state index contributed by atoms with van der Waals surface area (Å²) < 4.78 is 6.08. The molecule has 0 saturated heterocycles. The van der Waals surface area contributed by atoms with Crippen molar-refractivity contribution in [3.8, 4) is 11.3 Å². The molecule has 0 bridgehead atoms. The van der Waals surface area contributed by atoms with E-state index >= 15 is 0 Å². The van der Waals surface area contributed by atoms with E-state index in [9.17, 15) is 14.4 Å². The molecule has 3 aromatic carbocycles. The maximum Gasteiger partial charge on any atom is 0.338 e. The van der Waals surface area contributed by atoms with Crippen LogP contribution >= 0.6 is 0 Å². The van der Waals surface area contributed by atoms with E-state index in [1.54, 1.807) is 37.3 Å². The van der Waals surface area contributed by atoms with Crippen LogP contribution in [0, 0.1) is 0 Å². The first-order valence-electron chi connectivity index (χ1n) is 10.2. The van der Waals surface area contributed by atoms with E-state index in [0.717, 1.165) is 21.0 Å². The van der Waals surface area contributed by atoms with Crippen LogP contribution in [0.15, 0.2) is 83.7 Å². The van der Waals surface area contributed by atoms with Crippen LogP contribution in [0.1, 0.15) is 17.3 Å². The Bertz CT molecular complexity index is 1340. The molecule has 1 N–H and O–H groups in total. The van der Waals surface area contributed by atoms with Gasteiger partial charge in [-0.1, -0.05) is 42.5 Å². The summed E-state index contributed by atoms with van der Waals surface area (Å²) in [4.78, 5) is 36.5. The molecule has 0 aliphatic carbocycles. The summed E-state index contributed by atoms with van der Waals surface area (Å²) in [6.45, 7) is 1.78. The molecular formula is C25H21N3O4. The normalized spacial score (nSPS) is 10.7. The molecule has 7 heteroatoms. The van der Waals surface area contributed by atoms with E-state index in [1.165, 1.54) is 6.07 Å². The zero-order valence-electron chi connectivity index (χ0n) is 17.4. The fraction of sp³-hybridized carbons (Fsp3) is 0.120. The second-order valence-corrected chi connectivity index (χ2v) is 7.09. The number of hydrogen-bond donors (Lipinski definition) is 1. The highest BCUT2D eigenvalue weighted by Crippen LogP contribution is 2.26.